The number of aromatic carboxylic acids is 1. The molecule has 0 saturated carbocycles. The van der Waals surface area contributed by atoms with Crippen LogP contribution in [0.4, 0.5) is 14.6 Å². The van der Waals surface area contributed by atoms with E-state index in [9.17, 15) is 18.4 Å². The summed E-state index contributed by atoms with van der Waals surface area (Å²) >= 11 is 0. The number of nitrogen functional groups attached to an aromatic ring is 1. The zero-order valence-corrected chi connectivity index (χ0v) is 15.8. The molecule has 7 nitrogen and oxygen atoms in total. The van der Waals surface area contributed by atoms with Crippen LogP contribution in [0.1, 0.15) is 27.0 Å². The van der Waals surface area contributed by atoms with Crippen molar-refractivity contribution in [3.05, 3.63) is 58.8 Å². The highest BCUT2D eigenvalue weighted by atomic mass is 19.3. The molecule has 1 saturated heterocycles. The molecule has 2 aromatic rings. The third-order valence-electron chi connectivity index (χ3n) is 4.78. The lowest BCUT2D eigenvalue weighted by Gasteiger charge is -2.18. The number of amides is 1. The molecule has 0 bridgehead atoms. The van der Waals surface area contributed by atoms with E-state index in [1.54, 1.807) is 12.1 Å². The summed E-state index contributed by atoms with van der Waals surface area (Å²) in [4.78, 5) is 28.3. The molecule has 1 aromatic heterocycles. The number of hydrogen-bond donors (Lipinski definition) is 2. The molecule has 9 heteroatoms. The summed E-state index contributed by atoms with van der Waals surface area (Å²) in [5.41, 5.74) is 7.55. The SMILES string of the molecule is Cc1ccc(CC(=O)N2CC(OCc3cc(C(=O)O)cnc3N)C(F)(F)C2)cc1. The summed E-state index contributed by atoms with van der Waals surface area (Å²) in [6.07, 6.45) is -0.408. The van der Waals surface area contributed by atoms with Crippen molar-refractivity contribution in [1.82, 2.24) is 9.88 Å². The fourth-order valence-corrected chi connectivity index (χ4v) is 3.06. The van der Waals surface area contributed by atoms with E-state index in [0.717, 1.165) is 22.2 Å². The number of anilines is 1. The number of carboxylic acids is 1. The molecule has 154 valence electrons. The summed E-state index contributed by atoms with van der Waals surface area (Å²) in [6, 6.07) is 8.53. The summed E-state index contributed by atoms with van der Waals surface area (Å²) < 4.78 is 34.0. The van der Waals surface area contributed by atoms with Gasteiger partial charge in [0.25, 0.3) is 5.92 Å². The maximum Gasteiger partial charge on any atom is 0.337 e. The number of pyridine rings is 1. The number of carbonyl (C=O) groups excluding carboxylic acids is 1. The van der Waals surface area contributed by atoms with E-state index in [-0.39, 0.29) is 36.5 Å². The number of aryl methyl sites for hydroxylation is 1. The van der Waals surface area contributed by atoms with Crippen LogP contribution < -0.4 is 5.73 Å². The van der Waals surface area contributed by atoms with Crippen LogP contribution in [0, 0.1) is 6.92 Å². The monoisotopic (exact) mass is 405 g/mol. The van der Waals surface area contributed by atoms with Crippen LogP contribution in [0.5, 0.6) is 0 Å². The van der Waals surface area contributed by atoms with Gasteiger partial charge < -0.3 is 20.5 Å². The first-order valence-corrected chi connectivity index (χ1v) is 8.96. The van der Waals surface area contributed by atoms with Crippen molar-refractivity contribution < 1.29 is 28.2 Å². The van der Waals surface area contributed by atoms with Gasteiger partial charge in [0.2, 0.25) is 5.91 Å². The summed E-state index contributed by atoms with van der Waals surface area (Å²) in [5.74, 6) is -4.84. The molecule has 1 atom stereocenters. The lowest BCUT2D eigenvalue weighted by Crippen LogP contribution is -2.34. The molecule has 3 rings (SSSR count). The number of nitrogens with two attached hydrogens (primary N) is 1. The average molecular weight is 405 g/mol. The molecule has 29 heavy (non-hydrogen) atoms. The van der Waals surface area contributed by atoms with Crippen LogP contribution >= 0.6 is 0 Å². The molecular weight excluding hydrogens is 384 g/mol. The average Bonchev–Trinajstić information content (AvgIpc) is 2.97. The molecule has 2 heterocycles. The number of rotatable bonds is 6. The second kappa shape index (κ2) is 8.12. The molecule has 1 amide bonds. The molecule has 1 unspecified atom stereocenters. The third kappa shape index (κ3) is 4.86. The van der Waals surface area contributed by atoms with Crippen molar-refractivity contribution in [2.45, 2.75) is 32.0 Å². The number of nitrogens with zero attached hydrogens (tertiary/aromatic N) is 2. The van der Waals surface area contributed by atoms with Gasteiger partial charge in [-0.05, 0) is 18.6 Å². The van der Waals surface area contributed by atoms with Crippen LogP contribution in [0.25, 0.3) is 0 Å². The van der Waals surface area contributed by atoms with E-state index >= 15 is 0 Å². The first kappa shape index (κ1) is 20.7. The van der Waals surface area contributed by atoms with Gasteiger partial charge >= 0.3 is 5.97 Å². The Kier molecular flexibility index (Phi) is 5.78. The summed E-state index contributed by atoms with van der Waals surface area (Å²) in [5, 5.41) is 9.01. The number of hydrogen-bond acceptors (Lipinski definition) is 5. The minimum atomic E-state index is -3.23. The number of halogens is 2. The number of alkyl halides is 2. The van der Waals surface area contributed by atoms with Gasteiger partial charge in [0.15, 0.2) is 0 Å². The highest BCUT2D eigenvalue weighted by molar-refractivity contribution is 5.87. The fourth-order valence-electron chi connectivity index (χ4n) is 3.06. The summed E-state index contributed by atoms with van der Waals surface area (Å²) in [7, 11) is 0. The van der Waals surface area contributed by atoms with E-state index in [0.29, 0.717) is 0 Å². The number of ether oxygens (including phenoxy) is 1. The predicted molar refractivity (Wildman–Crippen MR) is 101 cm³/mol. The molecule has 1 aromatic carbocycles. The molecule has 1 aliphatic heterocycles. The van der Waals surface area contributed by atoms with Crippen LogP contribution in [-0.2, 0) is 22.6 Å². The Balaban J connectivity index is 1.64. The number of carboxylic acid groups (broad SMARTS) is 1. The van der Waals surface area contributed by atoms with Crippen LogP contribution in [0.2, 0.25) is 0 Å². The minimum Gasteiger partial charge on any atom is -0.478 e. The Labute approximate surface area is 166 Å². The summed E-state index contributed by atoms with van der Waals surface area (Å²) in [6.45, 7) is 0.595. The number of aromatic nitrogens is 1. The lowest BCUT2D eigenvalue weighted by molar-refractivity contribution is -0.131. The van der Waals surface area contributed by atoms with Crippen LogP contribution in [0.15, 0.2) is 36.5 Å². The predicted octanol–water partition coefficient (Wildman–Crippen LogP) is 2.28. The number of benzene rings is 1. The normalized spacial score (nSPS) is 18.0. The maximum absolute atomic E-state index is 14.4. The zero-order valence-electron chi connectivity index (χ0n) is 15.8. The van der Waals surface area contributed by atoms with Gasteiger partial charge in [-0.3, -0.25) is 4.79 Å². The lowest BCUT2D eigenvalue weighted by atomic mass is 10.1. The molecule has 0 spiro atoms. The molecule has 1 aliphatic rings. The second-order valence-corrected chi connectivity index (χ2v) is 7.07. The third-order valence-corrected chi connectivity index (χ3v) is 4.78. The van der Waals surface area contributed by atoms with Crippen molar-refractivity contribution >= 4 is 17.7 Å². The number of likely N-dealkylation sites (tertiary alicyclic amines) is 1. The number of carbonyl (C=O) groups is 2. The highest BCUT2D eigenvalue weighted by Crippen LogP contribution is 2.31. The van der Waals surface area contributed by atoms with Gasteiger partial charge in [-0.1, -0.05) is 29.8 Å². The molecule has 1 fully saturated rings. The molecule has 3 N–H and O–H groups in total. The largest absolute Gasteiger partial charge is 0.478 e. The van der Waals surface area contributed by atoms with Crippen LogP contribution in [0.3, 0.4) is 0 Å². The zero-order chi connectivity index (χ0) is 21.2. The van der Waals surface area contributed by atoms with Crippen molar-refractivity contribution in [3.63, 3.8) is 0 Å². The first-order valence-electron chi connectivity index (χ1n) is 8.96. The Hall–Kier alpha value is -3.07. The van der Waals surface area contributed by atoms with Gasteiger partial charge in [0.05, 0.1) is 31.7 Å². The Morgan fingerprint density at radius 3 is 2.69 bits per heavy atom. The van der Waals surface area contributed by atoms with Gasteiger partial charge in [0, 0.05) is 11.8 Å². The van der Waals surface area contributed by atoms with E-state index in [4.69, 9.17) is 15.6 Å². The smallest absolute Gasteiger partial charge is 0.337 e. The maximum atomic E-state index is 14.4. The van der Waals surface area contributed by atoms with Gasteiger partial charge in [0.1, 0.15) is 11.9 Å². The van der Waals surface area contributed by atoms with E-state index < -0.39 is 30.4 Å². The van der Waals surface area contributed by atoms with E-state index in [1.165, 1.54) is 6.07 Å². The Morgan fingerprint density at radius 2 is 2.03 bits per heavy atom. The molecular formula is C20H21F2N3O4. The van der Waals surface area contributed by atoms with Crippen molar-refractivity contribution in [2.24, 2.45) is 0 Å². The van der Waals surface area contributed by atoms with Gasteiger partial charge in [-0.25, -0.2) is 18.6 Å². The first-order chi connectivity index (χ1) is 13.7. The van der Waals surface area contributed by atoms with Gasteiger partial charge in [-0.2, -0.15) is 0 Å². The molecule has 0 radical (unpaired) electrons. The highest BCUT2D eigenvalue weighted by Gasteiger charge is 2.50. The van der Waals surface area contributed by atoms with E-state index in [1.807, 2.05) is 19.1 Å². The Bertz CT molecular complexity index is 918. The second-order valence-electron chi connectivity index (χ2n) is 7.07. The fraction of sp³-hybridized carbons (Fsp3) is 0.350. The Morgan fingerprint density at radius 1 is 1.34 bits per heavy atom. The standard InChI is InChI=1S/C20H21F2N3O4/c1-12-2-4-13(5-3-12)6-17(26)25-9-16(20(21,22)11-25)29-10-15-7-14(19(27)28)8-24-18(15)23/h2-5,7-8,16H,6,9-11H2,1H3,(H2,23,24)(H,27,28). The quantitative estimate of drug-likeness (QED) is 0.764. The van der Waals surface area contributed by atoms with Crippen LogP contribution in [-0.4, -0.2) is 52.0 Å². The van der Waals surface area contributed by atoms with E-state index in [2.05, 4.69) is 4.98 Å². The molecule has 0 aliphatic carbocycles. The minimum absolute atomic E-state index is 0.00335. The van der Waals surface area contributed by atoms with Gasteiger partial charge in [-0.15, -0.1) is 0 Å². The van der Waals surface area contributed by atoms with Crippen molar-refractivity contribution in [2.75, 3.05) is 18.8 Å². The topological polar surface area (TPSA) is 106 Å². The van der Waals surface area contributed by atoms with Crippen molar-refractivity contribution in [1.29, 1.82) is 0 Å². The van der Waals surface area contributed by atoms with Crippen molar-refractivity contribution in [3.8, 4) is 0 Å².